The van der Waals surface area contributed by atoms with Gasteiger partial charge in [-0.25, -0.2) is 13.1 Å². The molecule has 4 rings (SSSR count). The Balaban J connectivity index is 1.62. The Bertz CT molecular complexity index is 941. The van der Waals surface area contributed by atoms with Gasteiger partial charge < -0.3 is 5.32 Å². The van der Waals surface area contributed by atoms with Gasteiger partial charge in [-0.15, -0.1) is 11.8 Å². The fraction of sp³-hybridized carbons (Fsp3) is 0.278. The van der Waals surface area contributed by atoms with Crippen LogP contribution in [0.25, 0.3) is 0 Å². The first kappa shape index (κ1) is 16.6. The maximum Gasteiger partial charge on any atom is 0.241 e. The van der Waals surface area contributed by atoms with Gasteiger partial charge in [0.2, 0.25) is 15.9 Å². The van der Waals surface area contributed by atoms with Crippen molar-refractivity contribution in [2.45, 2.75) is 35.1 Å². The number of nitrogens with one attached hydrogen (secondary N) is 2. The maximum absolute atomic E-state index is 12.9. The van der Waals surface area contributed by atoms with Crippen LogP contribution in [0, 0.1) is 0 Å². The molecule has 5 nitrogen and oxygen atoms in total. The molecular formula is C18H18N2O3S2. The molecule has 0 saturated heterocycles. The number of rotatable bonds is 3. The van der Waals surface area contributed by atoms with Crippen LogP contribution >= 0.6 is 11.8 Å². The van der Waals surface area contributed by atoms with Gasteiger partial charge in [-0.1, -0.05) is 18.2 Å². The van der Waals surface area contributed by atoms with Gasteiger partial charge in [-0.3, -0.25) is 4.79 Å². The lowest BCUT2D eigenvalue weighted by atomic mass is 10.0. The molecule has 0 saturated carbocycles. The van der Waals surface area contributed by atoms with E-state index in [1.54, 1.807) is 30.0 Å². The number of thioether (sulfide) groups is 1. The molecule has 2 N–H and O–H groups in total. The summed E-state index contributed by atoms with van der Waals surface area (Å²) in [6.07, 6.45) is 1.71. The van der Waals surface area contributed by atoms with Gasteiger partial charge in [0.15, 0.2) is 0 Å². The zero-order valence-electron chi connectivity index (χ0n) is 13.5. The monoisotopic (exact) mass is 374 g/mol. The molecule has 0 spiro atoms. The third kappa shape index (κ3) is 3.31. The Morgan fingerprint density at radius 1 is 1.12 bits per heavy atom. The van der Waals surface area contributed by atoms with Crippen molar-refractivity contribution in [2.75, 3.05) is 11.1 Å². The second-order valence-electron chi connectivity index (χ2n) is 6.22. The smallest absolute Gasteiger partial charge is 0.241 e. The summed E-state index contributed by atoms with van der Waals surface area (Å²) in [4.78, 5) is 12.8. The van der Waals surface area contributed by atoms with Crippen molar-refractivity contribution in [3.63, 3.8) is 0 Å². The van der Waals surface area contributed by atoms with Crippen molar-refractivity contribution >= 4 is 33.4 Å². The number of benzene rings is 2. The quantitative estimate of drug-likeness (QED) is 0.866. The molecule has 0 fully saturated rings. The van der Waals surface area contributed by atoms with Gasteiger partial charge in [0.25, 0.3) is 0 Å². The van der Waals surface area contributed by atoms with Crippen molar-refractivity contribution in [3.05, 3.63) is 53.6 Å². The Labute approximate surface area is 151 Å². The zero-order valence-corrected chi connectivity index (χ0v) is 15.1. The standard InChI is InChI=1S/C18H18N2O3S2/c21-18-8-5-12-11-13(6-7-15(12)19-18)25(22,23)20-16-9-10-24-17-4-2-1-3-14(16)17/h1-4,6-7,11,16,20H,5,8-10H2,(H,19,21). The van der Waals surface area contributed by atoms with E-state index in [4.69, 9.17) is 0 Å². The summed E-state index contributed by atoms with van der Waals surface area (Å²) in [5.74, 6) is 0.859. The number of sulfonamides is 1. The van der Waals surface area contributed by atoms with E-state index >= 15 is 0 Å². The third-order valence-corrected chi connectivity index (χ3v) is 7.13. The first-order valence-corrected chi connectivity index (χ1v) is 10.7. The number of carbonyl (C=O) groups is 1. The summed E-state index contributed by atoms with van der Waals surface area (Å²) >= 11 is 1.76. The van der Waals surface area contributed by atoms with Crippen molar-refractivity contribution in [3.8, 4) is 0 Å². The van der Waals surface area contributed by atoms with Gasteiger partial charge in [0.05, 0.1) is 4.90 Å². The summed E-state index contributed by atoms with van der Waals surface area (Å²) in [6, 6.07) is 12.6. The number of aryl methyl sites for hydroxylation is 1. The van der Waals surface area contributed by atoms with Crippen molar-refractivity contribution in [1.29, 1.82) is 0 Å². The average Bonchev–Trinajstić information content (AvgIpc) is 2.61. The molecule has 7 heteroatoms. The summed E-state index contributed by atoms with van der Waals surface area (Å²) < 4.78 is 28.6. The molecule has 2 aliphatic rings. The fourth-order valence-corrected chi connectivity index (χ4v) is 5.67. The van der Waals surface area contributed by atoms with E-state index in [2.05, 4.69) is 10.0 Å². The van der Waals surface area contributed by atoms with Crippen LogP contribution < -0.4 is 10.0 Å². The topological polar surface area (TPSA) is 75.3 Å². The van der Waals surface area contributed by atoms with E-state index in [0.29, 0.717) is 18.5 Å². The molecule has 0 bridgehead atoms. The second-order valence-corrected chi connectivity index (χ2v) is 9.07. The minimum absolute atomic E-state index is 0.0301. The summed E-state index contributed by atoms with van der Waals surface area (Å²) in [5, 5.41) is 2.78. The van der Waals surface area contributed by atoms with Crippen LogP contribution in [-0.4, -0.2) is 20.1 Å². The van der Waals surface area contributed by atoms with Crippen LogP contribution in [0.5, 0.6) is 0 Å². The van der Waals surface area contributed by atoms with Crippen molar-refractivity contribution in [2.24, 2.45) is 0 Å². The molecule has 130 valence electrons. The average molecular weight is 374 g/mol. The fourth-order valence-electron chi connectivity index (χ4n) is 3.25. The van der Waals surface area contributed by atoms with E-state index < -0.39 is 10.0 Å². The minimum atomic E-state index is -3.62. The second kappa shape index (κ2) is 6.48. The first-order valence-electron chi connectivity index (χ1n) is 8.20. The van der Waals surface area contributed by atoms with Crippen molar-refractivity contribution < 1.29 is 13.2 Å². The molecule has 2 aliphatic heterocycles. The lowest BCUT2D eigenvalue weighted by Gasteiger charge is -2.26. The van der Waals surface area contributed by atoms with E-state index in [0.717, 1.165) is 28.2 Å². The van der Waals surface area contributed by atoms with Crippen LogP contribution in [-0.2, 0) is 21.2 Å². The highest BCUT2D eigenvalue weighted by molar-refractivity contribution is 7.99. The lowest BCUT2D eigenvalue weighted by molar-refractivity contribution is -0.116. The molecular weight excluding hydrogens is 356 g/mol. The van der Waals surface area contributed by atoms with Gasteiger partial charge in [0.1, 0.15) is 0 Å². The largest absolute Gasteiger partial charge is 0.326 e. The zero-order chi connectivity index (χ0) is 17.4. The van der Waals surface area contributed by atoms with Gasteiger partial charge >= 0.3 is 0 Å². The van der Waals surface area contributed by atoms with Gasteiger partial charge in [-0.05, 0) is 54.0 Å². The molecule has 1 atom stereocenters. The third-order valence-electron chi connectivity index (χ3n) is 4.54. The summed E-state index contributed by atoms with van der Waals surface area (Å²) in [5.41, 5.74) is 2.60. The Hall–Kier alpha value is -1.83. The Kier molecular flexibility index (Phi) is 4.31. The van der Waals surface area contributed by atoms with E-state index in [1.165, 1.54) is 0 Å². The molecule has 25 heavy (non-hydrogen) atoms. The van der Waals surface area contributed by atoms with Gasteiger partial charge in [-0.2, -0.15) is 0 Å². The number of anilines is 1. The number of hydrogen-bond acceptors (Lipinski definition) is 4. The highest BCUT2D eigenvalue weighted by atomic mass is 32.2. The predicted molar refractivity (Wildman–Crippen MR) is 98.2 cm³/mol. The predicted octanol–water partition coefficient (Wildman–Crippen LogP) is 3.09. The number of carbonyl (C=O) groups excluding carboxylic acids is 1. The van der Waals surface area contributed by atoms with Crippen LogP contribution in [0.3, 0.4) is 0 Å². The molecule has 2 aromatic carbocycles. The van der Waals surface area contributed by atoms with Crippen LogP contribution in [0.2, 0.25) is 0 Å². The van der Waals surface area contributed by atoms with Crippen molar-refractivity contribution in [1.82, 2.24) is 4.72 Å². The van der Waals surface area contributed by atoms with Gasteiger partial charge in [0, 0.05) is 23.0 Å². The maximum atomic E-state index is 12.9. The Morgan fingerprint density at radius 3 is 2.84 bits per heavy atom. The highest BCUT2D eigenvalue weighted by Crippen LogP contribution is 2.36. The van der Waals surface area contributed by atoms with E-state index in [1.807, 2.05) is 24.3 Å². The minimum Gasteiger partial charge on any atom is -0.326 e. The normalized spacial score (nSPS) is 19.7. The first-order chi connectivity index (χ1) is 12.0. The molecule has 1 unspecified atom stereocenters. The Morgan fingerprint density at radius 2 is 1.96 bits per heavy atom. The number of fused-ring (bicyclic) bond motifs is 2. The van der Waals surface area contributed by atoms with E-state index in [-0.39, 0.29) is 16.8 Å². The van der Waals surface area contributed by atoms with Crippen LogP contribution in [0.4, 0.5) is 5.69 Å². The molecule has 2 aromatic rings. The van der Waals surface area contributed by atoms with E-state index in [9.17, 15) is 13.2 Å². The summed E-state index contributed by atoms with van der Waals surface area (Å²) in [7, 11) is -3.62. The molecule has 2 heterocycles. The molecule has 0 radical (unpaired) electrons. The number of hydrogen-bond donors (Lipinski definition) is 2. The van der Waals surface area contributed by atoms with Crippen LogP contribution in [0.1, 0.15) is 30.0 Å². The number of amides is 1. The SMILES string of the molecule is O=C1CCc2cc(S(=O)(=O)NC3CCSc4ccccc43)ccc2N1. The molecule has 0 aromatic heterocycles. The molecule has 1 amide bonds. The summed E-state index contributed by atoms with van der Waals surface area (Å²) in [6.45, 7) is 0. The van der Waals surface area contributed by atoms with Crippen LogP contribution in [0.15, 0.2) is 52.3 Å². The highest BCUT2D eigenvalue weighted by Gasteiger charge is 2.27. The molecule has 0 aliphatic carbocycles. The lowest BCUT2D eigenvalue weighted by Crippen LogP contribution is -2.31.